The van der Waals surface area contributed by atoms with Gasteiger partial charge in [-0.05, 0) is 17.7 Å². The molecule has 0 radical (unpaired) electrons. The number of benzene rings is 1. The lowest BCUT2D eigenvalue weighted by Gasteiger charge is -2.02. The molecule has 0 unspecified atom stereocenters. The molecule has 0 amide bonds. The number of nitro groups is 1. The number of hydrogen-bond acceptors (Lipinski definition) is 5. The molecule has 1 rings (SSSR count). The van der Waals surface area contributed by atoms with Gasteiger partial charge in [-0.2, -0.15) is 5.26 Å². The van der Waals surface area contributed by atoms with Crippen LogP contribution in [0.1, 0.15) is 5.56 Å². The second kappa shape index (κ2) is 5.75. The minimum absolute atomic E-state index is 0.0593. The third-order valence-electron chi connectivity index (χ3n) is 2.10. The fourth-order valence-corrected chi connectivity index (χ4v) is 1.37. The molecule has 0 bridgehead atoms. The van der Waals surface area contributed by atoms with Crippen LogP contribution in [0.5, 0.6) is 5.75 Å². The van der Waals surface area contributed by atoms with E-state index in [2.05, 4.69) is 12.2 Å². The Morgan fingerprint density at radius 3 is 2.78 bits per heavy atom. The van der Waals surface area contributed by atoms with E-state index < -0.39 is 4.92 Å². The molecule has 0 aliphatic rings. The molecule has 2 N–H and O–H groups in total. The van der Waals surface area contributed by atoms with Gasteiger partial charge in [-0.1, -0.05) is 18.3 Å². The Kier molecular flexibility index (Phi) is 4.34. The van der Waals surface area contributed by atoms with Gasteiger partial charge in [-0.15, -0.1) is 0 Å². The maximum Gasteiger partial charge on any atom is 0.311 e. The minimum Gasteiger partial charge on any atom is -0.490 e. The van der Waals surface area contributed by atoms with Crippen molar-refractivity contribution in [2.75, 3.05) is 7.11 Å². The molecule has 6 nitrogen and oxygen atoms in total. The molecule has 0 aromatic heterocycles. The van der Waals surface area contributed by atoms with Gasteiger partial charge in [0, 0.05) is 6.07 Å². The van der Waals surface area contributed by atoms with E-state index in [0.29, 0.717) is 5.56 Å². The molecule has 18 heavy (non-hydrogen) atoms. The number of nitriles is 1. The summed E-state index contributed by atoms with van der Waals surface area (Å²) in [7, 11) is 1.34. The summed E-state index contributed by atoms with van der Waals surface area (Å²) in [5.41, 5.74) is 5.68. The molecule has 0 aliphatic carbocycles. The molecular formula is C11H9N3O3S. The Hall–Kier alpha value is -2.46. The first kappa shape index (κ1) is 13.6. The normalized spacial score (nSPS) is 10.6. The van der Waals surface area contributed by atoms with Gasteiger partial charge in [0.05, 0.1) is 17.6 Å². The average molecular weight is 263 g/mol. The van der Waals surface area contributed by atoms with Crippen LogP contribution in [0.15, 0.2) is 23.8 Å². The van der Waals surface area contributed by atoms with Crippen LogP contribution in [0.25, 0.3) is 6.08 Å². The lowest BCUT2D eigenvalue weighted by atomic mass is 10.1. The summed E-state index contributed by atoms with van der Waals surface area (Å²) >= 11 is 4.68. The molecule has 0 atom stereocenters. The van der Waals surface area contributed by atoms with Crippen molar-refractivity contribution in [2.24, 2.45) is 5.73 Å². The monoisotopic (exact) mass is 263 g/mol. The van der Waals surface area contributed by atoms with Crippen molar-refractivity contribution in [3.05, 3.63) is 39.4 Å². The van der Waals surface area contributed by atoms with Crippen LogP contribution in [-0.4, -0.2) is 17.0 Å². The van der Waals surface area contributed by atoms with Gasteiger partial charge in [0.15, 0.2) is 5.75 Å². The lowest BCUT2D eigenvalue weighted by Crippen LogP contribution is -2.09. The quantitative estimate of drug-likeness (QED) is 0.292. The molecule has 0 aliphatic heterocycles. The van der Waals surface area contributed by atoms with E-state index in [1.807, 2.05) is 6.07 Å². The van der Waals surface area contributed by atoms with Gasteiger partial charge >= 0.3 is 5.69 Å². The Bertz CT molecular complexity index is 575. The zero-order valence-corrected chi connectivity index (χ0v) is 10.2. The summed E-state index contributed by atoms with van der Waals surface area (Å²) in [5.74, 6) is 0.144. The zero-order valence-electron chi connectivity index (χ0n) is 9.41. The van der Waals surface area contributed by atoms with Crippen LogP contribution in [-0.2, 0) is 0 Å². The Labute approximate surface area is 108 Å². The van der Waals surface area contributed by atoms with Crippen molar-refractivity contribution < 1.29 is 9.66 Å². The Balaban J connectivity index is 3.29. The summed E-state index contributed by atoms with van der Waals surface area (Å²) in [6.45, 7) is 0. The van der Waals surface area contributed by atoms with E-state index in [9.17, 15) is 10.1 Å². The fourth-order valence-electron chi connectivity index (χ4n) is 1.26. The Morgan fingerprint density at radius 2 is 2.33 bits per heavy atom. The number of nitrogens with zero attached hydrogens (tertiary/aromatic N) is 2. The number of thiocarbonyl (C=S) groups is 1. The van der Waals surface area contributed by atoms with Gasteiger partial charge in [0.25, 0.3) is 0 Å². The Morgan fingerprint density at radius 1 is 1.67 bits per heavy atom. The number of nitro benzene ring substituents is 1. The van der Waals surface area contributed by atoms with E-state index in [4.69, 9.17) is 15.7 Å². The van der Waals surface area contributed by atoms with Gasteiger partial charge in [-0.3, -0.25) is 10.1 Å². The van der Waals surface area contributed by atoms with Gasteiger partial charge < -0.3 is 10.5 Å². The number of rotatable bonds is 4. The number of methoxy groups -OCH3 is 1. The molecule has 92 valence electrons. The predicted molar refractivity (Wildman–Crippen MR) is 70.0 cm³/mol. The van der Waals surface area contributed by atoms with Crippen molar-refractivity contribution in [1.29, 1.82) is 5.26 Å². The zero-order chi connectivity index (χ0) is 13.7. The molecule has 0 heterocycles. The van der Waals surface area contributed by atoms with Crippen molar-refractivity contribution >= 4 is 29.0 Å². The van der Waals surface area contributed by atoms with Crippen molar-refractivity contribution in [3.8, 4) is 11.8 Å². The first-order valence-corrected chi connectivity index (χ1v) is 5.14. The fraction of sp³-hybridized carbons (Fsp3) is 0.0909. The SMILES string of the molecule is COc1ccc(/C=C(\C#N)C(N)=S)cc1[N+](=O)[O-]. The topological polar surface area (TPSA) is 102 Å². The molecule has 0 fully saturated rings. The third-order valence-corrected chi connectivity index (χ3v) is 2.32. The van der Waals surface area contributed by atoms with Crippen molar-refractivity contribution in [3.63, 3.8) is 0 Å². The van der Waals surface area contributed by atoms with Gasteiger partial charge in [0.2, 0.25) is 0 Å². The predicted octanol–water partition coefficient (Wildman–Crippen LogP) is 1.80. The maximum absolute atomic E-state index is 10.8. The first-order chi connectivity index (χ1) is 8.49. The van der Waals surface area contributed by atoms with Crippen LogP contribution < -0.4 is 10.5 Å². The van der Waals surface area contributed by atoms with Crippen LogP contribution in [0.4, 0.5) is 5.69 Å². The summed E-state index contributed by atoms with van der Waals surface area (Å²) in [4.78, 5) is 10.2. The summed E-state index contributed by atoms with van der Waals surface area (Å²) < 4.78 is 4.86. The molecule has 0 spiro atoms. The van der Waals surface area contributed by atoms with E-state index >= 15 is 0 Å². The highest BCUT2D eigenvalue weighted by atomic mass is 32.1. The van der Waals surface area contributed by atoms with Crippen LogP contribution in [0, 0.1) is 21.4 Å². The molecule has 1 aromatic carbocycles. The third kappa shape index (κ3) is 3.02. The highest BCUT2D eigenvalue weighted by Crippen LogP contribution is 2.28. The lowest BCUT2D eigenvalue weighted by molar-refractivity contribution is -0.385. The second-order valence-corrected chi connectivity index (χ2v) is 3.66. The summed E-state index contributed by atoms with van der Waals surface area (Å²) in [6.07, 6.45) is 1.38. The number of ether oxygens (including phenoxy) is 1. The largest absolute Gasteiger partial charge is 0.490 e. The molecular weight excluding hydrogens is 254 g/mol. The molecule has 1 aromatic rings. The second-order valence-electron chi connectivity index (χ2n) is 3.22. The van der Waals surface area contributed by atoms with Crippen LogP contribution >= 0.6 is 12.2 Å². The number of nitrogens with two attached hydrogens (primary N) is 1. The summed E-state index contributed by atoms with van der Waals surface area (Å²) in [6, 6.07) is 6.12. The number of hydrogen-bond donors (Lipinski definition) is 1. The van der Waals surface area contributed by atoms with Gasteiger partial charge in [-0.25, -0.2) is 0 Å². The van der Waals surface area contributed by atoms with E-state index in [0.717, 1.165) is 0 Å². The van der Waals surface area contributed by atoms with Crippen molar-refractivity contribution in [1.82, 2.24) is 0 Å². The van der Waals surface area contributed by atoms with E-state index in [-0.39, 0.29) is 22.0 Å². The molecule has 0 saturated heterocycles. The highest BCUT2D eigenvalue weighted by Gasteiger charge is 2.14. The van der Waals surface area contributed by atoms with Crippen LogP contribution in [0.3, 0.4) is 0 Å². The summed E-state index contributed by atoms with van der Waals surface area (Å²) in [5, 5.41) is 19.6. The van der Waals surface area contributed by atoms with Crippen LogP contribution in [0.2, 0.25) is 0 Å². The average Bonchev–Trinajstić information content (AvgIpc) is 2.35. The first-order valence-electron chi connectivity index (χ1n) is 4.73. The van der Waals surface area contributed by atoms with Crippen molar-refractivity contribution in [2.45, 2.75) is 0 Å². The molecule has 7 heteroatoms. The van der Waals surface area contributed by atoms with E-state index in [1.54, 1.807) is 6.07 Å². The minimum atomic E-state index is -0.566. The smallest absolute Gasteiger partial charge is 0.311 e. The molecule has 0 saturated carbocycles. The maximum atomic E-state index is 10.8. The van der Waals surface area contributed by atoms with Gasteiger partial charge in [0.1, 0.15) is 11.1 Å². The standard InChI is InChI=1S/C11H9N3O3S/c1-17-10-3-2-7(5-9(10)14(15)16)4-8(6-12)11(13)18/h2-5H,1H3,(H2,13,18)/b8-4+. The highest BCUT2D eigenvalue weighted by molar-refractivity contribution is 7.80. The van der Waals surface area contributed by atoms with E-state index in [1.165, 1.54) is 25.3 Å².